The first-order valence-corrected chi connectivity index (χ1v) is 14.5. The second kappa shape index (κ2) is 12.4. The molecule has 5 rings (SSSR count). The van der Waals surface area contributed by atoms with Gasteiger partial charge < -0.3 is 15.8 Å². The van der Waals surface area contributed by atoms with Crippen molar-refractivity contribution in [3.8, 4) is 11.4 Å². The molecule has 41 heavy (non-hydrogen) atoms. The molecule has 1 aliphatic carbocycles. The van der Waals surface area contributed by atoms with E-state index in [9.17, 15) is 18.4 Å². The number of esters is 1. The van der Waals surface area contributed by atoms with Gasteiger partial charge in [0.1, 0.15) is 28.1 Å². The Bertz CT molecular complexity index is 1440. The van der Waals surface area contributed by atoms with E-state index in [0.29, 0.717) is 11.6 Å². The zero-order valence-corrected chi connectivity index (χ0v) is 23.6. The Morgan fingerprint density at radius 2 is 1.95 bits per heavy atom. The summed E-state index contributed by atoms with van der Waals surface area (Å²) in [6, 6.07) is 1.31. The first-order chi connectivity index (χ1) is 19.7. The van der Waals surface area contributed by atoms with Gasteiger partial charge in [-0.1, -0.05) is 33.1 Å². The number of anilines is 1. The van der Waals surface area contributed by atoms with Gasteiger partial charge in [0, 0.05) is 17.8 Å². The number of halogens is 2. The van der Waals surface area contributed by atoms with E-state index in [-0.39, 0.29) is 47.4 Å². The van der Waals surface area contributed by atoms with Gasteiger partial charge in [0.2, 0.25) is 5.95 Å². The van der Waals surface area contributed by atoms with Gasteiger partial charge in [0.05, 0.1) is 24.2 Å². The second-order valence-electron chi connectivity index (χ2n) is 10.6. The van der Waals surface area contributed by atoms with E-state index in [1.165, 1.54) is 11.3 Å². The van der Waals surface area contributed by atoms with E-state index in [0.717, 1.165) is 44.2 Å². The molecule has 0 bridgehead atoms. The largest absolute Gasteiger partial charge is 0.442 e. The molecule has 3 aromatic heterocycles. The molecule has 3 aromatic rings. The van der Waals surface area contributed by atoms with E-state index in [4.69, 9.17) is 10.5 Å². The van der Waals surface area contributed by atoms with Gasteiger partial charge in [-0.15, -0.1) is 11.3 Å². The Morgan fingerprint density at radius 3 is 2.71 bits per heavy atom. The molecule has 14 heteroatoms. The Labute approximate surface area is 239 Å². The van der Waals surface area contributed by atoms with Gasteiger partial charge in [0.25, 0.3) is 5.91 Å². The highest BCUT2D eigenvalue weighted by atomic mass is 32.1. The standard InChI is InChI=1S/C27H32F2N8O3S/c1-15(2)22(30)27(39)40-14-36-11-16(10-31-36)26-33-20(13-41-26)25(38)32-19-12-37(17-6-4-3-5-7-17)35-24(19)23-18(28)8-9-21(29)34-23/h8-10,12-13,15-17,22H,3-7,11,14,30H2,1-2H3,(H,32,38). The number of carbonyl (C=O) groups excluding carboxylic acids is 2. The number of nitrogens with two attached hydrogens (primary N) is 1. The van der Waals surface area contributed by atoms with Crippen LogP contribution in [0.2, 0.25) is 0 Å². The smallest absolute Gasteiger partial charge is 0.324 e. The normalized spacial score (nSPS) is 18.2. The molecule has 1 aliphatic heterocycles. The predicted octanol–water partition coefficient (Wildman–Crippen LogP) is 4.31. The highest BCUT2D eigenvalue weighted by Gasteiger charge is 2.27. The number of nitrogens with one attached hydrogen (secondary N) is 1. The lowest BCUT2D eigenvalue weighted by Crippen LogP contribution is -2.38. The van der Waals surface area contributed by atoms with Crippen molar-refractivity contribution in [1.82, 2.24) is 24.8 Å². The van der Waals surface area contributed by atoms with Crippen LogP contribution < -0.4 is 11.1 Å². The van der Waals surface area contributed by atoms with Crippen LogP contribution in [0.3, 0.4) is 0 Å². The van der Waals surface area contributed by atoms with Crippen molar-refractivity contribution in [2.45, 2.75) is 64.0 Å². The van der Waals surface area contributed by atoms with Crippen molar-refractivity contribution in [2.24, 2.45) is 16.8 Å². The second-order valence-corrected chi connectivity index (χ2v) is 11.5. The summed E-state index contributed by atoms with van der Waals surface area (Å²) in [5.41, 5.74) is 5.99. The van der Waals surface area contributed by atoms with E-state index >= 15 is 0 Å². The molecule has 11 nitrogen and oxygen atoms in total. The molecule has 1 amide bonds. The number of hydrazone groups is 1. The van der Waals surface area contributed by atoms with E-state index in [1.807, 2.05) is 13.8 Å². The van der Waals surface area contributed by atoms with Crippen LogP contribution in [0.4, 0.5) is 14.5 Å². The third-order valence-electron chi connectivity index (χ3n) is 7.20. The molecule has 4 heterocycles. The molecule has 218 valence electrons. The molecule has 3 N–H and O–H groups in total. The molecule has 0 radical (unpaired) electrons. The molecule has 2 unspecified atom stereocenters. The van der Waals surface area contributed by atoms with Crippen LogP contribution >= 0.6 is 11.3 Å². The molecule has 1 saturated carbocycles. The summed E-state index contributed by atoms with van der Waals surface area (Å²) in [4.78, 5) is 33.4. The Morgan fingerprint density at radius 1 is 1.17 bits per heavy atom. The maximum Gasteiger partial charge on any atom is 0.324 e. The first kappa shape index (κ1) is 28.7. The maximum atomic E-state index is 14.7. The number of carbonyl (C=O) groups is 2. The molecule has 0 spiro atoms. The monoisotopic (exact) mass is 586 g/mol. The molecule has 1 fully saturated rings. The van der Waals surface area contributed by atoms with Crippen LogP contribution in [0.5, 0.6) is 0 Å². The summed E-state index contributed by atoms with van der Waals surface area (Å²) in [5, 5.41) is 15.4. The topological polar surface area (TPSA) is 141 Å². The highest BCUT2D eigenvalue weighted by molar-refractivity contribution is 7.10. The zero-order valence-electron chi connectivity index (χ0n) is 22.8. The van der Waals surface area contributed by atoms with E-state index in [2.05, 4.69) is 25.5 Å². The van der Waals surface area contributed by atoms with Gasteiger partial charge in [-0.25, -0.2) is 14.4 Å². The third kappa shape index (κ3) is 6.59. The number of hydrogen-bond acceptors (Lipinski definition) is 10. The van der Waals surface area contributed by atoms with Crippen LogP contribution in [-0.4, -0.2) is 62.2 Å². The van der Waals surface area contributed by atoms with Gasteiger partial charge in [0.15, 0.2) is 12.5 Å². The first-order valence-electron chi connectivity index (χ1n) is 13.6. The summed E-state index contributed by atoms with van der Waals surface area (Å²) in [5.74, 6) is -2.84. The number of aromatic nitrogens is 4. The summed E-state index contributed by atoms with van der Waals surface area (Å²) in [7, 11) is 0. The molecular formula is C27H32F2N8O3S. The summed E-state index contributed by atoms with van der Waals surface area (Å²) in [6.45, 7) is 4.06. The van der Waals surface area contributed by atoms with Crippen LogP contribution in [0, 0.1) is 17.7 Å². The average Bonchev–Trinajstić information content (AvgIpc) is 3.73. The van der Waals surface area contributed by atoms with Gasteiger partial charge in [-0.05, 0) is 30.9 Å². The summed E-state index contributed by atoms with van der Waals surface area (Å²) < 4.78 is 35.6. The molecule has 0 saturated heterocycles. The van der Waals surface area contributed by atoms with Crippen molar-refractivity contribution < 1.29 is 23.1 Å². The van der Waals surface area contributed by atoms with E-state index < -0.39 is 29.7 Å². The number of pyridine rings is 1. The minimum Gasteiger partial charge on any atom is -0.442 e. The fourth-order valence-corrected chi connectivity index (χ4v) is 5.61. The van der Waals surface area contributed by atoms with Gasteiger partial charge >= 0.3 is 5.97 Å². The minimum atomic E-state index is -0.847. The SMILES string of the molecule is CC(C)C(N)C(=O)OCN1CC(c2nc(C(=O)Nc3cn(C4CCCCC4)nc3-c3nc(F)ccc3F)cs2)C=N1. The average molecular weight is 587 g/mol. The van der Waals surface area contributed by atoms with Crippen LogP contribution in [0.25, 0.3) is 11.4 Å². The predicted molar refractivity (Wildman–Crippen MR) is 149 cm³/mol. The van der Waals surface area contributed by atoms with E-state index in [1.54, 1.807) is 27.5 Å². The molecule has 2 atom stereocenters. The number of thiazole rings is 1. The number of hydrogen-bond donors (Lipinski definition) is 2. The summed E-state index contributed by atoms with van der Waals surface area (Å²) in [6.07, 6.45) is 8.38. The molecule has 2 aliphatic rings. The zero-order chi connectivity index (χ0) is 29.1. The number of amides is 1. The van der Waals surface area contributed by atoms with Crippen LogP contribution in [0.1, 0.15) is 73.4 Å². The minimum absolute atomic E-state index is 0.0383. The Hall–Kier alpha value is -3.78. The lowest BCUT2D eigenvalue weighted by Gasteiger charge is -2.21. The Balaban J connectivity index is 1.28. The third-order valence-corrected chi connectivity index (χ3v) is 8.18. The van der Waals surface area contributed by atoms with Gasteiger partial charge in [-0.2, -0.15) is 14.6 Å². The molecular weight excluding hydrogens is 554 g/mol. The van der Waals surface area contributed by atoms with Crippen molar-refractivity contribution in [2.75, 3.05) is 18.6 Å². The lowest BCUT2D eigenvalue weighted by atomic mass is 9.96. The van der Waals surface area contributed by atoms with Crippen LogP contribution in [-0.2, 0) is 9.53 Å². The van der Waals surface area contributed by atoms with Gasteiger partial charge in [-0.3, -0.25) is 19.3 Å². The number of ether oxygens (including phenoxy) is 1. The summed E-state index contributed by atoms with van der Waals surface area (Å²) >= 11 is 1.29. The number of rotatable bonds is 9. The maximum absolute atomic E-state index is 14.7. The van der Waals surface area contributed by atoms with Crippen molar-refractivity contribution >= 4 is 35.1 Å². The quantitative estimate of drug-likeness (QED) is 0.279. The van der Waals surface area contributed by atoms with Crippen molar-refractivity contribution in [1.29, 1.82) is 0 Å². The highest BCUT2D eigenvalue weighted by Crippen LogP contribution is 2.34. The number of nitrogens with zero attached hydrogens (tertiary/aromatic N) is 6. The van der Waals surface area contributed by atoms with Crippen molar-refractivity contribution in [3.63, 3.8) is 0 Å². The Kier molecular flexibility index (Phi) is 8.68. The lowest BCUT2D eigenvalue weighted by molar-refractivity contribution is -0.151. The molecule has 0 aromatic carbocycles. The fraction of sp³-hybridized carbons (Fsp3) is 0.481. The fourth-order valence-electron chi connectivity index (χ4n) is 4.75. The van der Waals surface area contributed by atoms with Crippen molar-refractivity contribution in [3.05, 3.63) is 46.2 Å². The van der Waals surface area contributed by atoms with Crippen LogP contribution in [0.15, 0.2) is 28.8 Å².